The van der Waals surface area contributed by atoms with Crippen LogP contribution in [-0.4, -0.2) is 21.4 Å². The van der Waals surface area contributed by atoms with Crippen LogP contribution in [0.4, 0.5) is 17.1 Å². The van der Waals surface area contributed by atoms with Crippen molar-refractivity contribution in [3.63, 3.8) is 0 Å². The van der Waals surface area contributed by atoms with E-state index in [0.717, 1.165) is 6.07 Å². The summed E-state index contributed by atoms with van der Waals surface area (Å²) < 4.78 is 0. The molecule has 2 aromatic carbocycles. The van der Waals surface area contributed by atoms with Gasteiger partial charge in [0.15, 0.2) is 0 Å². The first kappa shape index (κ1) is 13.3. The zero-order chi connectivity index (χ0) is 14.7. The summed E-state index contributed by atoms with van der Waals surface area (Å²) in [7, 11) is 0. The summed E-state index contributed by atoms with van der Waals surface area (Å²) in [6.07, 6.45) is 1.31. The molecule has 0 aliphatic carbocycles. The molecule has 0 bridgehead atoms. The molecule has 0 aliphatic rings. The highest BCUT2D eigenvalue weighted by atomic mass is 16.6. The first-order valence-corrected chi connectivity index (χ1v) is 5.57. The largest absolute Gasteiger partial charge is 0.508 e. The quantitative estimate of drug-likeness (QED) is 0.343. The molecule has 0 aromatic heterocycles. The Bertz CT molecular complexity index is 698. The minimum absolute atomic E-state index is 0.0745. The lowest BCUT2D eigenvalue weighted by atomic mass is 10.2. The molecule has 0 radical (unpaired) electrons. The van der Waals surface area contributed by atoms with Crippen molar-refractivity contribution < 1.29 is 15.1 Å². The van der Waals surface area contributed by atoms with Crippen LogP contribution >= 0.6 is 0 Å². The van der Waals surface area contributed by atoms with Gasteiger partial charge in [-0.3, -0.25) is 15.1 Å². The average Bonchev–Trinajstić information content (AvgIpc) is 2.39. The number of anilines is 1. The molecule has 0 aliphatic heterocycles. The summed E-state index contributed by atoms with van der Waals surface area (Å²) in [5, 5.41) is 29.4. The van der Waals surface area contributed by atoms with Gasteiger partial charge in [-0.2, -0.15) is 0 Å². The summed E-state index contributed by atoms with van der Waals surface area (Å²) in [4.78, 5) is 14.1. The van der Waals surface area contributed by atoms with E-state index in [1.165, 1.54) is 36.5 Å². The number of nitrogens with zero attached hydrogens (tertiary/aromatic N) is 2. The van der Waals surface area contributed by atoms with E-state index in [2.05, 4.69) is 4.99 Å². The second kappa shape index (κ2) is 5.27. The Morgan fingerprint density at radius 1 is 1.20 bits per heavy atom. The molecule has 2 rings (SSSR count). The van der Waals surface area contributed by atoms with Crippen LogP contribution in [0.1, 0.15) is 5.56 Å². The summed E-state index contributed by atoms with van der Waals surface area (Å²) in [5.41, 5.74) is 6.42. The number of phenols is 2. The number of aromatic hydroxyl groups is 2. The van der Waals surface area contributed by atoms with Crippen molar-refractivity contribution in [2.45, 2.75) is 0 Å². The zero-order valence-corrected chi connectivity index (χ0v) is 10.2. The van der Waals surface area contributed by atoms with Gasteiger partial charge in [-0.05, 0) is 18.2 Å². The molecule has 0 fully saturated rings. The first-order valence-electron chi connectivity index (χ1n) is 5.57. The van der Waals surface area contributed by atoms with E-state index in [4.69, 9.17) is 10.8 Å². The Hall–Kier alpha value is -3.09. The van der Waals surface area contributed by atoms with Crippen LogP contribution in [0.25, 0.3) is 0 Å². The van der Waals surface area contributed by atoms with Crippen LogP contribution in [0, 0.1) is 10.1 Å². The predicted octanol–water partition coefficient (Wildman–Crippen LogP) is 2.34. The molecule has 0 heterocycles. The van der Waals surface area contributed by atoms with E-state index >= 15 is 0 Å². The van der Waals surface area contributed by atoms with Crippen molar-refractivity contribution in [2.75, 3.05) is 5.73 Å². The van der Waals surface area contributed by atoms with Crippen molar-refractivity contribution in [1.82, 2.24) is 0 Å². The van der Waals surface area contributed by atoms with Gasteiger partial charge >= 0.3 is 0 Å². The van der Waals surface area contributed by atoms with E-state index in [0.29, 0.717) is 5.56 Å². The van der Waals surface area contributed by atoms with Crippen molar-refractivity contribution in [3.8, 4) is 11.5 Å². The lowest BCUT2D eigenvalue weighted by Gasteiger charge is -2.01. The van der Waals surface area contributed by atoms with Crippen molar-refractivity contribution >= 4 is 23.3 Å². The lowest BCUT2D eigenvalue weighted by Crippen LogP contribution is -1.91. The highest BCUT2D eigenvalue weighted by Crippen LogP contribution is 2.28. The fraction of sp³-hybridized carbons (Fsp3) is 0. The third kappa shape index (κ3) is 2.83. The fourth-order valence-electron chi connectivity index (χ4n) is 1.54. The van der Waals surface area contributed by atoms with Gasteiger partial charge in [0.2, 0.25) is 0 Å². The SMILES string of the molecule is Nc1ccc([N+](=O)[O-])cc1N=Cc1ccc(O)cc1O. The molecule has 0 unspecified atom stereocenters. The number of rotatable bonds is 3. The van der Waals surface area contributed by atoms with E-state index in [9.17, 15) is 15.2 Å². The van der Waals surface area contributed by atoms with Gasteiger partial charge < -0.3 is 15.9 Å². The monoisotopic (exact) mass is 273 g/mol. The Morgan fingerprint density at radius 3 is 2.60 bits per heavy atom. The van der Waals surface area contributed by atoms with Gasteiger partial charge in [-0.15, -0.1) is 0 Å². The molecule has 0 atom stereocenters. The summed E-state index contributed by atoms with van der Waals surface area (Å²) in [6.45, 7) is 0. The number of hydrogen-bond acceptors (Lipinski definition) is 6. The van der Waals surface area contributed by atoms with Crippen LogP contribution in [0.5, 0.6) is 11.5 Å². The number of nitrogen functional groups attached to an aromatic ring is 1. The van der Waals surface area contributed by atoms with Crippen LogP contribution < -0.4 is 5.73 Å². The van der Waals surface area contributed by atoms with Crippen molar-refractivity contribution in [2.24, 2.45) is 4.99 Å². The maximum Gasteiger partial charge on any atom is 0.271 e. The van der Waals surface area contributed by atoms with Crippen LogP contribution in [0.3, 0.4) is 0 Å². The highest BCUT2D eigenvalue weighted by Gasteiger charge is 2.08. The third-order valence-electron chi connectivity index (χ3n) is 2.58. The Balaban J connectivity index is 2.35. The standard InChI is InChI=1S/C13H11N3O4/c14-11-4-2-9(16(19)20)5-12(11)15-7-8-1-3-10(17)6-13(8)18/h1-7,17-18H,14H2. The van der Waals surface area contributed by atoms with E-state index in [1.807, 2.05) is 0 Å². The Morgan fingerprint density at radius 2 is 1.95 bits per heavy atom. The van der Waals surface area contributed by atoms with Gasteiger partial charge in [0.1, 0.15) is 11.5 Å². The molecule has 0 spiro atoms. The number of nitro groups is 1. The van der Waals surface area contributed by atoms with Gasteiger partial charge in [0, 0.05) is 30.0 Å². The second-order valence-electron chi connectivity index (χ2n) is 4.00. The second-order valence-corrected chi connectivity index (χ2v) is 4.00. The van der Waals surface area contributed by atoms with Crippen molar-refractivity contribution in [1.29, 1.82) is 0 Å². The maximum atomic E-state index is 10.7. The van der Waals surface area contributed by atoms with E-state index < -0.39 is 4.92 Å². The Labute approximate surface area is 113 Å². The summed E-state index contributed by atoms with van der Waals surface area (Å²) in [5.74, 6) is -0.229. The number of nitro benzene ring substituents is 1. The summed E-state index contributed by atoms with van der Waals surface area (Å²) in [6, 6.07) is 7.93. The number of aliphatic imine (C=N–C) groups is 1. The van der Waals surface area contributed by atoms with Gasteiger partial charge in [0.05, 0.1) is 16.3 Å². The highest BCUT2D eigenvalue weighted by molar-refractivity contribution is 5.87. The normalized spacial score (nSPS) is 10.8. The smallest absolute Gasteiger partial charge is 0.271 e. The number of non-ortho nitro benzene ring substituents is 1. The van der Waals surface area contributed by atoms with Gasteiger partial charge in [-0.1, -0.05) is 0 Å². The number of hydrogen-bond donors (Lipinski definition) is 3. The first-order chi connectivity index (χ1) is 9.47. The molecular formula is C13H11N3O4. The van der Waals surface area contributed by atoms with E-state index in [-0.39, 0.29) is 28.6 Å². The minimum atomic E-state index is -0.545. The topological polar surface area (TPSA) is 122 Å². The fourth-order valence-corrected chi connectivity index (χ4v) is 1.54. The van der Waals surface area contributed by atoms with E-state index in [1.54, 1.807) is 0 Å². The third-order valence-corrected chi connectivity index (χ3v) is 2.58. The summed E-state index contributed by atoms with van der Waals surface area (Å²) >= 11 is 0. The lowest BCUT2D eigenvalue weighted by molar-refractivity contribution is -0.384. The number of benzene rings is 2. The van der Waals surface area contributed by atoms with Crippen LogP contribution in [0.2, 0.25) is 0 Å². The molecular weight excluding hydrogens is 262 g/mol. The molecule has 2 aromatic rings. The number of nitrogens with two attached hydrogens (primary N) is 1. The molecule has 7 heteroatoms. The molecule has 102 valence electrons. The molecule has 20 heavy (non-hydrogen) atoms. The van der Waals surface area contributed by atoms with Gasteiger partial charge in [-0.25, -0.2) is 0 Å². The van der Waals surface area contributed by atoms with Crippen LogP contribution in [0.15, 0.2) is 41.4 Å². The maximum absolute atomic E-state index is 10.7. The van der Waals surface area contributed by atoms with Crippen LogP contribution in [-0.2, 0) is 0 Å². The zero-order valence-electron chi connectivity index (χ0n) is 10.2. The Kier molecular flexibility index (Phi) is 3.52. The molecule has 0 saturated carbocycles. The van der Waals surface area contributed by atoms with Crippen molar-refractivity contribution in [3.05, 3.63) is 52.1 Å². The molecule has 0 amide bonds. The van der Waals surface area contributed by atoms with Gasteiger partial charge in [0.25, 0.3) is 5.69 Å². The molecule has 4 N–H and O–H groups in total. The average molecular weight is 273 g/mol. The number of phenolic OH excluding ortho intramolecular Hbond substituents is 2. The molecule has 0 saturated heterocycles. The predicted molar refractivity (Wildman–Crippen MR) is 74.5 cm³/mol. The molecule has 7 nitrogen and oxygen atoms in total. The minimum Gasteiger partial charge on any atom is -0.508 e.